The minimum Gasteiger partial charge on any atom is -0.288 e. The van der Waals surface area contributed by atoms with E-state index in [4.69, 9.17) is 11.6 Å². The third-order valence-electron chi connectivity index (χ3n) is 5.76. The molecule has 1 aliphatic heterocycles. The third kappa shape index (κ3) is 4.56. The largest absolute Gasteiger partial charge is 0.399 e. The molecule has 0 saturated carbocycles. The first-order valence-electron chi connectivity index (χ1n) is 10.4. The Morgan fingerprint density at radius 1 is 0.941 bits per heavy atom. The number of alkyl halides is 3. The van der Waals surface area contributed by atoms with E-state index >= 15 is 0 Å². The Labute approximate surface area is 199 Å². The lowest BCUT2D eigenvalue weighted by atomic mass is 9.94. The van der Waals surface area contributed by atoms with E-state index in [1.54, 1.807) is 62.4 Å². The number of imide groups is 1. The van der Waals surface area contributed by atoms with Crippen molar-refractivity contribution in [1.82, 2.24) is 5.01 Å². The van der Waals surface area contributed by atoms with Gasteiger partial charge in [0, 0.05) is 5.02 Å². The summed E-state index contributed by atoms with van der Waals surface area (Å²) in [5.41, 5.74) is 5.86. The molecule has 2 amide bonds. The number of amides is 2. The predicted octanol–water partition coefficient (Wildman–Crippen LogP) is 6.94. The molecule has 1 atom stereocenters. The topological polar surface area (TPSA) is 49.4 Å². The number of anilines is 1. The Hall–Kier alpha value is -3.58. The van der Waals surface area contributed by atoms with Crippen LogP contribution in [0.5, 0.6) is 0 Å². The first-order valence-corrected chi connectivity index (χ1v) is 10.8. The van der Waals surface area contributed by atoms with Crippen LogP contribution in [0, 0.1) is 13.8 Å². The summed E-state index contributed by atoms with van der Waals surface area (Å²) in [6, 6.07) is 15.7. The van der Waals surface area contributed by atoms with E-state index in [0.717, 1.165) is 16.6 Å². The Balaban J connectivity index is 1.52. The predicted molar refractivity (Wildman–Crippen MR) is 126 cm³/mol. The Morgan fingerprint density at radius 3 is 2.06 bits per heavy atom. The van der Waals surface area contributed by atoms with Crippen LogP contribution in [0.3, 0.4) is 0 Å². The molecule has 1 heterocycles. The quantitative estimate of drug-likeness (QED) is 0.399. The molecule has 3 aromatic carbocycles. The number of fused-ring (bicyclic) bond motifs is 1. The summed E-state index contributed by atoms with van der Waals surface area (Å²) in [6.07, 6.45) is -2.02. The molecule has 174 valence electrons. The van der Waals surface area contributed by atoms with Gasteiger partial charge in [0.2, 0.25) is 0 Å². The molecule has 0 spiro atoms. The maximum Gasteiger partial charge on any atom is 0.399 e. The first kappa shape index (κ1) is 23.6. The van der Waals surface area contributed by atoms with Crippen molar-refractivity contribution in [2.24, 2.45) is 0 Å². The fourth-order valence-electron chi connectivity index (χ4n) is 3.73. The lowest BCUT2D eigenvalue weighted by Crippen LogP contribution is -2.35. The monoisotopic (exact) mass is 484 g/mol. The second-order valence-corrected chi connectivity index (χ2v) is 8.46. The molecule has 34 heavy (non-hydrogen) atoms. The van der Waals surface area contributed by atoms with Crippen LogP contribution >= 0.6 is 11.6 Å². The van der Waals surface area contributed by atoms with Crippen molar-refractivity contribution in [1.29, 1.82) is 0 Å². The van der Waals surface area contributed by atoms with Gasteiger partial charge < -0.3 is 0 Å². The zero-order valence-corrected chi connectivity index (χ0v) is 19.0. The van der Waals surface area contributed by atoms with E-state index < -0.39 is 23.9 Å². The molecule has 1 aliphatic rings. The Morgan fingerprint density at radius 2 is 1.53 bits per heavy atom. The number of hydrazine groups is 1. The van der Waals surface area contributed by atoms with Gasteiger partial charge in [-0.3, -0.25) is 15.0 Å². The maximum atomic E-state index is 13.8. The molecule has 8 heteroatoms. The molecule has 0 radical (unpaired) electrons. The second kappa shape index (κ2) is 8.99. The summed E-state index contributed by atoms with van der Waals surface area (Å²) in [7, 11) is 0. The van der Waals surface area contributed by atoms with Gasteiger partial charge in [-0.05, 0) is 66.4 Å². The molecule has 4 rings (SSSR count). The standard InChI is InChI=1S/C26H20ClF3N2O2/c1-15-13-18(14-23(27)16(15)2)22(26(28,29)30)12-9-17-7-10-19(11-8-17)31-32-24(33)20-5-3-4-6-21(20)25(32)34/h3-14,22,31H,1-2H3/b12-9+. The maximum absolute atomic E-state index is 13.8. The van der Waals surface area contributed by atoms with Crippen LogP contribution < -0.4 is 5.43 Å². The fraction of sp³-hybridized carbons (Fsp3) is 0.154. The lowest BCUT2D eigenvalue weighted by Gasteiger charge is -2.19. The number of carbonyl (C=O) groups excluding carboxylic acids is 2. The van der Waals surface area contributed by atoms with E-state index in [2.05, 4.69) is 5.43 Å². The second-order valence-electron chi connectivity index (χ2n) is 8.05. The van der Waals surface area contributed by atoms with E-state index in [1.165, 1.54) is 18.2 Å². The third-order valence-corrected chi connectivity index (χ3v) is 6.16. The molecule has 0 aromatic heterocycles. The number of hydrogen-bond donors (Lipinski definition) is 1. The van der Waals surface area contributed by atoms with Crippen LogP contribution in [-0.2, 0) is 0 Å². The molecule has 1 unspecified atom stereocenters. The average Bonchev–Trinajstić information content (AvgIpc) is 3.03. The summed E-state index contributed by atoms with van der Waals surface area (Å²) in [5.74, 6) is -2.75. The van der Waals surface area contributed by atoms with Crippen LogP contribution in [0.25, 0.3) is 6.08 Å². The van der Waals surface area contributed by atoms with Crippen LogP contribution in [0.4, 0.5) is 18.9 Å². The highest BCUT2D eigenvalue weighted by atomic mass is 35.5. The van der Waals surface area contributed by atoms with Crippen LogP contribution in [0.15, 0.2) is 66.7 Å². The highest BCUT2D eigenvalue weighted by Gasteiger charge is 2.39. The summed E-state index contributed by atoms with van der Waals surface area (Å²) in [4.78, 5) is 24.9. The van der Waals surface area contributed by atoms with Gasteiger partial charge in [0.15, 0.2) is 0 Å². The van der Waals surface area contributed by atoms with Gasteiger partial charge in [-0.15, -0.1) is 0 Å². The number of aryl methyl sites for hydroxylation is 1. The minimum absolute atomic E-state index is 0.0701. The van der Waals surface area contributed by atoms with Gasteiger partial charge in [0.25, 0.3) is 11.8 Å². The highest BCUT2D eigenvalue weighted by molar-refractivity contribution is 6.31. The zero-order chi connectivity index (χ0) is 24.6. The number of allylic oxidation sites excluding steroid dienone is 1. The van der Waals surface area contributed by atoms with Gasteiger partial charge in [-0.2, -0.15) is 18.2 Å². The van der Waals surface area contributed by atoms with E-state index in [-0.39, 0.29) is 5.56 Å². The molecule has 0 saturated heterocycles. The number of rotatable bonds is 5. The van der Waals surface area contributed by atoms with Gasteiger partial charge in [0.05, 0.1) is 22.7 Å². The number of carbonyl (C=O) groups is 2. The highest BCUT2D eigenvalue weighted by Crippen LogP contribution is 2.38. The molecule has 4 nitrogen and oxygen atoms in total. The van der Waals surface area contributed by atoms with Gasteiger partial charge in [-0.25, -0.2) is 0 Å². The molecule has 0 bridgehead atoms. The number of nitrogens with zero attached hydrogens (tertiary/aromatic N) is 1. The number of nitrogens with one attached hydrogen (secondary N) is 1. The summed E-state index contributed by atoms with van der Waals surface area (Å²) in [5, 5.41) is 1.21. The van der Waals surface area contributed by atoms with E-state index in [9.17, 15) is 22.8 Å². The fourth-order valence-corrected chi connectivity index (χ4v) is 4.00. The number of halogens is 4. The van der Waals surface area contributed by atoms with Crippen molar-refractivity contribution in [2.75, 3.05) is 5.43 Å². The number of benzene rings is 3. The van der Waals surface area contributed by atoms with Gasteiger partial charge in [0.1, 0.15) is 0 Å². The number of hydrogen-bond acceptors (Lipinski definition) is 3. The summed E-state index contributed by atoms with van der Waals surface area (Å²) in [6.45, 7) is 3.49. The van der Waals surface area contributed by atoms with Crippen LogP contribution in [0.2, 0.25) is 5.02 Å². The van der Waals surface area contributed by atoms with Crippen LogP contribution in [-0.4, -0.2) is 23.0 Å². The molecule has 3 aromatic rings. The molecular formula is C26H20ClF3N2O2. The van der Waals surface area contributed by atoms with E-state index in [1.807, 2.05) is 0 Å². The normalized spacial score (nSPS) is 14.6. The van der Waals surface area contributed by atoms with Crippen molar-refractivity contribution in [2.45, 2.75) is 25.9 Å². The van der Waals surface area contributed by atoms with E-state index in [0.29, 0.717) is 33.0 Å². The smallest absolute Gasteiger partial charge is 0.288 e. The summed E-state index contributed by atoms with van der Waals surface area (Å²) < 4.78 is 41.3. The van der Waals surface area contributed by atoms with Crippen molar-refractivity contribution >= 4 is 35.2 Å². The molecule has 0 aliphatic carbocycles. The van der Waals surface area contributed by atoms with Crippen molar-refractivity contribution in [3.63, 3.8) is 0 Å². The Bertz CT molecular complexity index is 1240. The molecule has 0 fully saturated rings. The minimum atomic E-state index is -4.49. The average molecular weight is 485 g/mol. The van der Waals surface area contributed by atoms with Gasteiger partial charge in [-0.1, -0.05) is 54.1 Å². The van der Waals surface area contributed by atoms with Crippen molar-refractivity contribution < 1.29 is 22.8 Å². The summed E-state index contributed by atoms with van der Waals surface area (Å²) >= 11 is 6.12. The molecule has 1 N–H and O–H groups in total. The van der Waals surface area contributed by atoms with Crippen LogP contribution in [0.1, 0.15) is 48.9 Å². The Kier molecular flexibility index (Phi) is 6.23. The molecular weight excluding hydrogens is 465 g/mol. The first-order chi connectivity index (χ1) is 16.1. The van der Waals surface area contributed by atoms with Gasteiger partial charge >= 0.3 is 6.18 Å². The lowest BCUT2D eigenvalue weighted by molar-refractivity contribution is -0.139. The zero-order valence-electron chi connectivity index (χ0n) is 18.3. The van der Waals surface area contributed by atoms with Crippen molar-refractivity contribution in [3.05, 3.63) is 105 Å². The SMILES string of the molecule is Cc1cc(C(/C=C/c2ccc(NN3C(=O)c4ccccc4C3=O)cc2)C(F)(F)F)cc(Cl)c1C. The van der Waals surface area contributed by atoms with Crippen molar-refractivity contribution in [3.8, 4) is 0 Å².